The molecule has 0 heterocycles. The summed E-state index contributed by atoms with van der Waals surface area (Å²) in [6.07, 6.45) is 4.71. The second-order valence-corrected chi connectivity index (χ2v) is 9.13. The van der Waals surface area contributed by atoms with Crippen molar-refractivity contribution in [2.45, 2.75) is 44.4 Å². The second-order valence-electron chi connectivity index (χ2n) is 6.46. The molecule has 0 aromatic heterocycles. The number of fused-ring (bicyclic) bond motifs is 1. The second kappa shape index (κ2) is 7.38. The molecule has 0 saturated heterocycles. The fraction of sp³-hybridized carbons (Fsp3) is 0.368. The monoisotopic (exact) mass is 407 g/mol. The van der Waals surface area contributed by atoms with Gasteiger partial charge in [-0.25, -0.2) is 13.1 Å². The van der Waals surface area contributed by atoms with Crippen LogP contribution in [0.25, 0.3) is 0 Å². The Labute approximate surface area is 152 Å². The zero-order valence-electron chi connectivity index (χ0n) is 13.8. The summed E-state index contributed by atoms with van der Waals surface area (Å²) in [4.78, 5) is 0. The molecule has 1 aliphatic carbocycles. The van der Waals surface area contributed by atoms with E-state index in [0.717, 1.165) is 28.4 Å². The van der Waals surface area contributed by atoms with Crippen molar-refractivity contribution >= 4 is 26.0 Å². The lowest BCUT2D eigenvalue weighted by atomic mass is 9.89. The Morgan fingerprint density at radius 2 is 1.83 bits per heavy atom. The van der Waals surface area contributed by atoms with E-state index in [0.29, 0.717) is 0 Å². The maximum atomic E-state index is 12.5. The molecule has 1 N–H and O–H groups in total. The van der Waals surface area contributed by atoms with Gasteiger partial charge in [0.1, 0.15) is 0 Å². The number of halogens is 1. The van der Waals surface area contributed by atoms with Crippen molar-refractivity contribution in [3.8, 4) is 0 Å². The molecular formula is C19H22BrNO2S. The number of benzene rings is 2. The van der Waals surface area contributed by atoms with E-state index in [9.17, 15) is 8.42 Å². The van der Waals surface area contributed by atoms with Crippen molar-refractivity contribution in [3.63, 3.8) is 0 Å². The Kier molecular flexibility index (Phi) is 5.42. The first kappa shape index (κ1) is 17.6. The topological polar surface area (TPSA) is 46.2 Å². The van der Waals surface area contributed by atoms with Gasteiger partial charge < -0.3 is 0 Å². The Morgan fingerprint density at radius 3 is 2.58 bits per heavy atom. The summed E-state index contributed by atoms with van der Waals surface area (Å²) in [5.74, 6) is -0.0122. The van der Waals surface area contributed by atoms with E-state index < -0.39 is 10.0 Å². The zero-order valence-corrected chi connectivity index (χ0v) is 16.2. The van der Waals surface area contributed by atoms with Gasteiger partial charge in [0.15, 0.2) is 0 Å². The maximum absolute atomic E-state index is 12.5. The average Bonchev–Trinajstić information content (AvgIpc) is 2.53. The van der Waals surface area contributed by atoms with Gasteiger partial charge in [0.2, 0.25) is 10.0 Å². The van der Waals surface area contributed by atoms with Crippen LogP contribution >= 0.6 is 15.9 Å². The minimum atomic E-state index is -3.39. The molecule has 0 bridgehead atoms. The van der Waals surface area contributed by atoms with E-state index in [1.54, 1.807) is 0 Å². The van der Waals surface area contributed by atoms with Crippen molar-refractivity contribution in [3.05, 3.63) is 69.2 Å². The van der Waals surface area contributed by atoms with Crippen LogP contribution in [0.4, 0.5) is 0 Å². The highest BCUT2D eigenvalue weighted by molar-refractivity contribution is 9.10. The molecular weight excluding hydrogens is 386 g/mol. The van der Waals surface area contributed by atoms with Gasteiger partial charge in [-0.2, -0.15) is 0 Å². The zero-order chi connectivity index (χ0) is 17.2. The quantitative estimate of drug-likeness (QED) is 0.792. The predicted octanol–water partition coefficient (Wildman–Crippen LogP) is 4.51. The van der Waals surface area contributed by atoms with E-state index in [2.05, 4.69) is 38.9 Å². The van der Waals surface area contributed by atoms with Crippen LogP contribution in [0.5, 0.6) is 0 Å². The number of sulfonamides is 1. The largest absolute Gasteiger partial charge is 0.216 e. The molecule has 1 atom stereocenters. The lowest BCUT2D eigenvalue weighted by Gasteiger charge is -2.20. The lowest BCUT2D eigenvalue weighted by molar-refractivity contribution is 0.565. The van der Waals surface area contributed by atoms with Gasteiger partial charge >= 0.3 is 0 Å². The summed E-state index contributed by atoms with van der Waals surface area (Å²) in [5, 5.41) is 0. The van der Waals surface area contributed by atoms with Crippen LogP contribution in [-0.4, -0.2) is 8.42 Å². The summed E-state index contributed by atoms with van der Waals surface area (Å²) in [6.45, 7) is 1.91. The molecule has 0 aliphatic heterocycles. The van der Waals surface area contributed by atoms with Crippen LogP contribution in [0.2, 0.25) is 0 Å². The first-order valence-corrected chi connectivity index (χ1v) is 10.7. The van der Waals surface area contributed by atoms with Gasteiger partial charge in [0, 0.05) is 10.5 Å². The Bertz CT molecular complexity index is 833. The minimum absolute atomic E-state index is 0.0122. The molecule has 0 amide bonds. The van der Waals surface area contributed by atoms with Gasteiger partial charge in [-0.1, -0.05) is 46.3 Å². The molecule has 0 saturated carbocycles. The van der Waals surface area contributed by atoms with Crippen molar-refractivity contribution < 1.29 is 8.42 Å². The van der Waals surface area contributed by atoms with Gasteiger partial charge in [0.05, 0.1) is 5.75 Å². The van der Waals surface area contributed by atoms with Crippen LogP contribution in [0, 0.1) is 0 Å². The standard InChI is InChI=1S/C19H22BrNO2S/c1-14(17-10-9-16-6-2-3-7-18(16)12-17)21-24(22,23)13-15-5-4-8-19(20)11-15/h4-5,8-12,14,21H,2-3,6-7,13H2,1H3/t14-/m0/s1. The first-order chi connectivity index (χ1) is 11.4. The molecule has 0 fully saturated rings. The predicted molar refractivity (Wildman–Crippen MR) is 101 cm³/mol. The summed E-state index contributed by atoms with van der Waals surface area (Å²) in [6, 6.07) is 13.5. The van der Waals surface area contributed by atoms with Crippen molar-refractivity contribution in [2.75, 3.05) is 0 Å². The lowest BCUT2D eigenvalue weighted by Crippen LogP contribution is -2.28. The molecule has 128 valence electrons. The van der Waals surface area contributed by atoms with E-state index in [1.165, 1.54) is 24.0 Å². The highest BCUT2D eigenvalue weighted by atomic mass is 79.9. The molecule has 0 spiro atoms. The molecule has 24 heavy (non-hydrogen) atoms. The number of nitrogens with one attached hydrogen (secondary N) is 1. The normalized spacial score (nSPS) is 15.8. The first-order valence-electron chi connectivity index (χ1n) is 8.29. The molecule has 1 aliphatic rings. The Hall–Kier alpha value is -1.17. The molecule has 2 aromatic carbocycles. The van der Waals surface area contributed by atoms with Gasteiger partial charge in [-0.3, -0.25) is 0 Å². The molecule has 2 aromatic rings. The van der Waals surface area contributed by atoms with Crippen LogP contribution < -0.4 is 4.72 Å². The number of rotatable bonds is 5. The van der Waals surface area contributed by atoms with E-state index in [4.69, 9.17) is 0 Å². The summed E-state index contributed by atoms with van der Waals surface area (Å²) < 4.78 is 28.6. The van der Waals surface area contributed by atoms with Gasteiger partial charge in [-0.15, -0.1) is 0 Å². The molecule has 0 unspecified atom stereocenters. The van der Waals surface area contributed by atoms with Crippen LogP contribution in [0.1, 0.15) is 48.1 Å². The fourth-order valence-electron chi connectivity index (χ4n) is 3.25. The van der Waals surface area contributed by atoms with Gasteiger partial charge in [0.25, 0.3) is 0 Å². The summed E-state index contributed by atoms with van der Waals surface area (Å²) >= 11 is 3.38. The van der Waals surface area contributed by atoms with Crippen LogP contribution in [-0.2, 0) is 28.6 Å². The third-order valence-corrected chi connectivity index (χ3v) is 6.39. The van der Waals surface area contributed by atoms with Crippen molar-refractivity contribution in [2.24, 2.45) is 0 Å². The number of hydrogen-bond acceptors (Lipinski definition) is 2. The van der Waals surface area contributed by atoms with Crippen molar-refractivity contribution in [1.82, 2.24) is 4.72 Å². The fourth-order valence-corrected chi connectivity index (χ4v) is 5.07. The van der Waals surface area contributed by atoms with Gasteiger partial charge in [-0.05, 0) is 67.0 Å². The highest BCUT2D eigenvalue weighted by Gasteiger charge is 2.18. The third kappa shape index (κ3) is 4.47. The minimum Gasteiger partial charge on any atom is -0.212 e. The third-order valence-electron chi connectivity index (χ3n) is 4.47. The van der Waals surface area contributed by atoms with Crippen LogP contribution in [0.3, 0.4) is 0 Å². The maximum Gasteiger partial charge on any atom is 0.216 e. The average molecular weight is 408 g/mol. The summed E-state index contributed by atoms with van der Waals surface area (Å²) in [5.41, 5.74) is 4.59. The van der Waals surface area contributed by atoms with E-state index >= 15 is 0 Å². The Balaban J connectivity index is 1.72. The SMILES string of the molecule is C[C@H](NS(=O)(=O)Cc1cccc(Br)c1)c1ccc2c(c1)CCCC2. The van der Waals surface area contributed by atoms with E-state index in [-0.39, 0.29) is 11.8 Å². The Morgan fingerprint density at radius 1 is 1.08 bits per heavy atom. The summed E-state index contributed by atoms with van der Waals surface area (Å²) in [7, 11) is -3.39. The number of aryl methyl sites for hydroxylation is 2. The molecule has 0 radical (unpaired) electrons. The molecule has 3 nitrogen and oxygen atoms in total. The highest BCUT2D eigenvalue weighted by Crippen LogP contribution is 2.25. The van der Waals surface area contributed by atoms with Crippen molar-refractivity contribution in [1.29, 1.82) is 0 Å². The number of hydrogen-bond donors (Lipinski definition) is 1. The molecule has 5 heteroatoms. The smallest absolute Gasteiger partial charge is 0.212 e. The van der Waals surface area contributed by atoms with Crippen LogP contribution in [0.15, 0.2) is 46.9 Å². The molecule has 3 rings (SSSR count). The van der Waals surface area contributed by atoms with E-state index in [1.807, 2.05) is 31.2 Å².